The van der Waals surface area contributed by atoms with Crippen LogP contribution in [0.1, 0.15) is 20.8 Å². The number of nitro benzene ring substituents is 1. The lowest BCUT2D eigenvalue weighted by atomic mass is 10.2. The third-order valence-corrected chi connectivity index (χ3v) is 5.68. The average Bonchev–Trinajstić information content (AvgIpc) is 2.68. The maximum Gasteiger partial charge on any atom is 0.425 e. The van der Waals surface area contributed by atoms with Gasteiger partial charge in [-0.25, -0.2) is 28.9 Å². The smallest absolute Gasteiger partial charge is 0.425 e. The monoisotopic (exact) mass is 458 g/mol. The molecule has 0 bridgehead atoms. The molecule has 0 spiro atoms. The highest BCUT2D eigenvalue weighted by atomic mass is 32.2. The predicted octanol–water partition coefficient (Wildman–Crippen LogP) is 1.42. The van der Waals surface area contributed by atoms with E-state index in [1.54, 1.807) is 20.8 Å². The first-order chi connectivity index (χ1) is 14.3. The van der Waals surface area contributed by atoms with E-state index < -0.39 is 55.8 Å². The summed E-state index contributed by atoms with van der Waals surface area (Å²) in [5.74, 6) is 4.74. The number of esters is 1. The van der Waals surface area contributed by atoms with Crippen LogP contribution in [0.5, 0.6) is 0 Å². The summed E-state index contributed by atoms with van der Waals surface area (Å²) in [4.78, 5) is 34.5. The largest absolute Gasteiger partial charge is 0.467 e. The van der Waals surface area contributed by atoms with Gasteiger partial charge in [-0.1, -0.05) is 18.2 Å². The number of nitrogens with zero attached hydrogens (tertiary/aromatic N) is 3. The van der Waals surface area contributed by atoms with Gasteiger partial charge >= 0.3 is 12.1 Å². The minimum atomic E-state index is -4.49. The minimum absolute atomic E-state index is 0.329. The molecule has 12 nitrogen and oxygen atoms in total. The Labute approximate surface area is 180 Å². The highest BCUT2D eigenvalue weighted by Gasteiger charge is 2.38. The molecule has 0 aromatic heterocycles. The summed E-state index contributed by atoms with van der Waals surface area (Å²) in [6.45, 7) is 7.21. The van der Waals surface area contributed by atoms with Crippen LogP contribution in [0.3, 0.4) is 0 Å². The average molecular weight is 458 g/mol. The van der Waals surface area contributed by atoms with Crippen molar-refractivity contribution in [3.63, 3.8) is 0 Å². The molecular formula is C18H26N4O8S. The summed E-state index contributed by atoms with van der Waals surface area (Å²) in [5.41, 5.74) is -1.59. The van der Waals surface area contributed by atoms with Gasteiger partial charge in [-0.2, -0.15) is 4.31 Å². The zero-order valence-electron chi connectivity index (χ0n) is 17.7. The van der Waals surface area contributed by atoms with Gasteiger partial charge in [0.25, 0.3) is 5.69 Å². The van der Waals surface area contributed by atoms with Gasteiger partial charge in [0.1, 0.15) is 5.60 Å². The number of hydrogen-bond acceptors (Lipinski definition) is 9. The Morgan fingerprint density at radius 2 is 1.90 bits per heavy atom. The number of carbonyl (C=O) groups excluding carboxylic acids is 2. The second-order valence-corrected chi connectivity index (χ2v) is 9.17. The van der Waals surface area contributed by atoms with Crippen molar-refractivity contribution < 1.29 is 32.4 Å². The highest BCUT2D eigenvalue weighted by Crippen LogP contribution is 2.27. The maximum absolute atomic E-state index is 13.2. The first kappa shape index (κ1) is 26.0. The molecule has 0 heterocycles. The molecule has 1 aromatic rings. The second kappa shape index (κ2) is 10.3. The van der Waals surface area contributed by atoms with E-state index in [9.17, 15) is 28.1 Å². The van der Waals surface area contributed by atoms with Crippen molar-refractivity contribution >= 4 is 27.8 Å². The number of rotatable bonds is 9. The normalized spacial score (nSPS) is 12.7. The van der Waals surface area contributed by atoms with Crippen molar-refractivity contribution in [2.24, 2.45) is 5.84 Å². The fourth-order valence-corrected chi connectivity index (χ4v) is 4.00. The number of methoxy groups -OCH3 is 1. The fraction of sp³-hybridized carbons (Fsp3) is 0.444. The third-order valence-electron chi connectivity index (χ3n) is 3.80. The Bertz CT molecular complexity index is 942. The Balaban J connectivity index is 3.39. The van der Waals surface area contributed by atoms with Crippen molar-refractivity contribution in [1.29, 1.82) is 0 Å². The number of sulfonamides is 1. The number of hydrazine groups is 1. The lowest BCUT2D eigenvalue weighted by Crippen LogP contribution is -2.56. The number of nitro groups is 1. The molecule has 0 aliphatic rings. The summed E-state index contributed by atoms with van der Waals surface area (Å²) in [6, 6.07) is 3.13. The SMILES string of the molecule is C=CCN(CC(C(=O)OC)N(N)C(=O)OC(C)(C)C)S(=O)(=O)c1ccccc1[N+](=O)[O-]. The number of hydrogen-bond donors (Lipinski definition) is 1. The van der Waals surface area contributed by atoms with Gasteiger partial charge in [-0.15, -0.1) is 6.58 Å². The van der Waals surface area contributed by atoms with Crippen LogP contribution in [-0.2, 0) is 24.3 Å². The van der Waals surface area contributed by atoms with Gasteiger partial charge in [0.2, 0.25) is 10.0 Å². The summed E-state index contributed by atoms with van der Waals surface area (Å²) >= 11 is 0. The Kier molecular flexibility index (Phi) is 8.66. The number of amides is 1. The van der Waals surface area contributed by atoms with Gasteiger partial charge in [0, 0.05) is 19.2 Å². The molecular weight excluding hydrogens is 432 g/mol. The standard InChI is InChI=1S/C18H26N4O8S/c1-6-11-20(31(27,28)15-10-8-7-9-13(15)22(25)26)12-14(16(23)29-5)21(19)17(24)30-18(2,3)4/h6-10,14H,1,11-12,19H2,2-5H3. The Hall–Kier alpha value is -3.03. The van der Waals surface area contributed by atoms with Gasteiger partial charge in [0.05, 0.1) is 12.0 Å². The number of para-hydroxylation sites is 1. The van der Waals surface area contributed by atoms with E-state index in [2.05, 4.69) is 11.3 Å². The van der Waals surface area contributed by atoms with Crippen molar-refractivity contribution in [2.75, 3.05) is 20.2 Å². The molecule has 1 rings (SSSR count). The predicted molar refractivity (Wildman–Crippen MR) is 110 cm³/mol. The van der Waals surface area contributed by atoms with Crippen molar-refractivity contribution in [2.45, 2.75) is 37.3 Å². The minimum Gasteiger partial charge on any atom is -0.467 e. The summed E-state index contributed by atoms with van der Waals surface area (Å²) in [6.07, 6.45) is 0.124. The molecule has 0 radical (unpaired) electrons. The molecule has 0 saturated carbocycles. The molecule has 0 aliphatic heterocycles. The van der Waals surface area contributed by atoms with E-state index >= 15 is 0 Å². The van der Waals surface area contributed by atoms with E-state index in [1.807, 2.05) is 0 Å². The number of carbonyl (C=O) groups is 2. The van der Waals surface area contributed by atoms with Gasteiger partial charge in [-0.05, 0) is 26.8 Å². The fourth-order valence-electron chi connectivity index (χ4n) is 2.43. The number of benzene rings is 1. The number of nitrogens with two attached hydrogens (primary N) is 1. The van der Waals surface area contributed by atoms with Crippen molar-refractivity contribution in [3.05, 3.63) is 47.0 Å². The second-order valence-electron chi connectivity index (χ2n) is 7.26. The van der Waals surface area contributed by atoms with E-state index in [1.165, 1.54) is 18.2 Å². The highest BCUT2D eigenvalue weighted by molar-refractivity contribution is 7.89. The van der Waals surface area contributed by atoms with Crippen LogP contribution in [0.2, 0.25) is 0 Å². The zero-order chi connectivity index (χ0) is 24.0. The van der Waals surface area contributed by atoms with Crippen LogP contribution < -0.4 is 5.84 Å². The molecule has 172 valence electrons. The van der Waals surface area contributed by atoms with Crippen LogP contribution in [0.25, 0.3) is 0 Å². The Morgan fingerprint density at radius 1 is 1.32 bits per heavy atom. The molecule has 0 saturated heterocycles. The van der Waals surface area contributed by atoms with Gasteiger partial charge in [0.15, 0.2) is 10.9 Å². The lowest BCUT2D eigenvalue weighted by Gasteiger charge is -2.31. The molecule has 1 amide bonds. The van der Waals surface area contributed by atoms with Crippen LogP contribution in [0.4, 0.5) is 10.5 Å². The zero-order valence-corrected chi connectivity index (χ0v) is 18.5. The first-order valence-electron chi connectivity index (χ1n) is 8.95. The van der Waals surface area contributed by atoms with Crippen LogP contribution >= 0.6 is 0 Å². The number of ether oxygens (including phenoxy) is 2. The molecule has 1 atom stereocenters. The summed E-state index contributed by atoms with van der Waals surface area (Å²) < 4.78 is 36.8. The Morgan fingerprint density at radius 3 is 2.39 bits per heavy atom. The third kappa shape index (κ3) is 6.73. The van der Waals surface area contributed by atoms with Gasteiger partial charge < -0.3 is 9.47 Å². The summed E-state index contributed by atoms with van der Waals surface area (Å²) in [5, 5.41) is 11.7. The molecule has 2 N–H and O–H groups in total. The molecule has 1 aromatic carbocycles. The van der Waals surface area contributed by atoms with E-state index in [0.29, 0.717) is 5.01 Å². The van der Waals surface area contributed by atoms with Crippen molar-refractivity contribution in [1.82, 2.24) is 9.31 Å². The van der Waals surface area contributed by atoms with Crippen LogP contribution in [0.15, 0.2) is 41.8 Å². The van der Waals surface area contributed by atoms with Crippen LogP contribution in [-0.4, -0.2) is 66.6 Å². The molecule has 1 unspecified atom stereocenters. The van der Waals surface area contributed by atoms with Crippen molar-refractivity contribution in [3.8, 4) is 0 Å². The molecule has 0 fully saturated rings. The van der Waals surface area contributed by atoms with E-state index in [0.717, 1.165) is 23.5 Å². The summed E-state index contributed by atoms with van der Waals surface area (Å²) in [7, 11) is -3.46. The quantitative estimate of drug-likeness (QED) is 0.144. The molecule has 13 heteroatoms. The lowest BCUT2D eigenvalue weighted by molar-refractivity contribution is -0.387. The van der Waals surface area contributed by atoms with Gasteiger partial charge in [-0.3, -0.25) is 10.1 Å². The first-order valence-corrected chi connectivity index (χ1v) is 10.4. The molecule has 31 heavy (non-hydrogen) atoms. The maximum atomic E-state index is 13.2. The van der Waals surface area contributed by atoms with Crippen LogP contribution in [0, 0.1) is 10.1 Å². The van der Waals surface area contributed by atoms with E-state index in [-0.39, 0.29) is 6.54 Å². The van der Waals surface area contributed by atoms with E-state index in [4.69, 9.17) is 10.6 Å². The topological polar surface area (TPSA) is 162 Å². The molecule has 0 aliphatic carbocycles.